The molecule has 0 amide bonds. The maximum absolute atomic E-state index is 13.5. The lowest BCUT2D eigenvalue weighted by Gasteiger charge is -2.43. The van der Waals surface area contributed by atoms with Crippen molar-refractivity contribution in [1.29, 1.82) is 0 Å². The number of carbonyl (C=O) groups excluding carboxylic acids is 7. The molecule has 57 heavy (non-hydrogen) atoms. The van der Waals surface area contributed by atoms with Gasteiger partial charge in [-0.2, -0.15) is 0 Å². The Hall–Kier alpha value is -6.17. The summed E-state index contributed by atoms with van der Waals surface area (Å²) in [6.45, 7) is 3.08. The van der Waals surface area contributed by atoms with E-state index in [1.54, 1.807) is 54.6 Å². The number of ether oxygens (including phenoxy) is 10. The van der Waals surface area contributed by atoms with Crippen LogP contribution in [0.15, 0.2) is 91.0 Å². The summed E-state index contributed by atoms with van der Waals surface area (Å²) in [5.41, 5.74) is 0.486. The van der Waals surface area contributed by atoms with E-state index >= 15 is 0 Å². The van der Waals surface area contributed by atoms with E-state index in [0.29, 0.717) is 0 Å². The van der Waals surface area contributed by atoms with Crippen LogP contribution in [-0.4, -0.2) is 110 Å². The van der Waals surface area contributed by atoms with Crippen LogP contribution in [0.5, 0.6) is 0 Å². The minimum Gasteiger partial charge on any atom is -0.459 e. The molecule has 9 atom stereocenters. The van der Waals surface area contributed by atoms with Gasteiger partial charge in [0.05, 0.1) is 23.3 Å². The second-order valence-electron chi connectivity index (χ2n) is 12.7. The molecule has 17 nitrogen and oxygen atoms in total. The van der Waals surface area contributed by atoms with Crippen molar-refractivity contribution < 1.29 is 80.9 Å². The lowest BCUT2D eigenvalue weighted by Crippen LogP contribution is -2.63. The van der Waals surface area contributed by atoms with Gasteiger partial charge in [0.25, 0.3) is 0 Å². The molecule has 17 heteroatoms. The number of carbonyl (C=O) groups is 7. The Morgan fingerprint density at radius 3 is 1.28 bits per heavy atom. The monoisotopic (exact) mass is 792 g/mol. The summed E-state index contributed by atoms with van der Waals surface area (Å²) in [6.07, 6.45) is -13.7. The Morgan fingerprint density at radius 2 is 0.789 bits per heavy atom. The topological polar surface area (TPSA) is 212 Å². The number of hydrogen-bond acceptors (Lipinski definition) is 17. The van der Waals surface area contributed by atoms with Crippen LogP contribution in [0.25, 0.3) is 0 Å². The summed E-state index contributed by atoms with van der Waals surface area (Å²) < 4.78 is 57.1. The van der Waals surface area contributed by atoms with Crippen LogP contribution in [-0.2, 0) is 66.5 Å². The molecule has 0 radical (unpaired) electrons. The van der Waals surface area contributed by atoms with E-state index in [4.69, 9.17) is 47.4 Å². The Bertz CT molecular complexity index is 1890. The standard InChI is InChI=1S/C40H40O17/c1-22(41)50-31-30(55-40(53-25(4)44)35(52-24(3)43)33(31)51-23(2)42)21-49-39-34(57-38(47)28-18-12-7-13-19-28)32(56-37(46)27-16-10-6-11-17-27)29(54-39)20-48-36(45)26-14-8-5-9-15-26/h5-19,29-35,39-40H,20-21H2,1-4H3/t29-,30-,31-,32+,33+,34-,35-,39+,40-/m0/s1. The second kappa shape index (κ2) is 19.6. The van der Waals surface area contributed by atoms with Crippen molar-refractivity contribution >= 4 is 41.8 Å². The molecule has 302 valence electrons. The third-order valence-electron chi connectivity index (χ3n) is 8.37. The van der Waals surface area contributed by atoms with E-state index in [0.717, 1.165) is 27.7 Å². The van der Waals surface area contributed by atoms with Crippen LogP contribution >= 0.6 is 0 Å². The predicted molar refractivity (Wildman–Crippen MR) is 190 cm³/mol. The largest absolute Gasteiger partial charge is 0.459 e. The van der Waals surface area contributed by atoms with E-state index in [1.807, 2.05) is 0 Å². The van der Waals surface area contributed by atoms with Crippen molar-refractivity contribution in [2.24, 2.45) is 0 Å². The fourth-order valence-corrected chi connectivity index (χ4v) is 6.01. The predicted octanol–water partition coefficient (Wildman–Crippen LogP) is 3.12. The number of rotatable bonds is 14. The van der Waals surface area contributed by atoms with E-state index in [2.05, 4.69) is 0 Å². The van der Waals surface area contributed by atoms with Crippen LogP contribution in [0, 0.1) is 0 Å². The quantitative estimate of drug-likeness (QED) is 0.169. The average molecular weight is 793 g/mol. The Morgan fingerprint density at radius 1 is 0.421 bits per heavy atom. The van der Waals surface area contributed by atoms with Crippen LogP contribution < -0.4 is 0 Å². The zero-order valence-corrected chi connectivity index (χ0v) is 31.2. The lowest BCUT2D eigenvalue weighted by molar-refractivity contribution is -0.307. The number of benzene rings is 3. The molecule has 3 aromatic rings. The first-order valence-corrected chi connectivity index (χ1v) is 17.7. The van der Waals surface area contributed by atoms with Gasteiger partial charge in [-0.05, 0) is 36.4 Å². The fourth-order valence-electron chi connectivity index (χ4n) is 6.01. The third-order valence-corrected chi connectivity index (χ3v) is 8.37. The van der Waals surface area contributed by atoms with Gasteiger partial charge in [-0.1, -0.05) is 54.6 Å². The maximum Gasteiger partial charge on any atom is 0.338 e. The molecule has 0 saturated carbocycles. The molecule has 2 heterocycles. The van der Waals surface area contributed by atoms with Crippen molar-refractivity contribution in [1.82, 2.24) is 0 Å². The van der Waals surface area contributed by atoms with E-state index < -0.39 is 110 Å². The van der Waals surface area contributed by atoms with Gasteiger partial charge >= 0.3 is 41.8 Å². The zero-order chi connectivity index (χ0) is 41.1. The third kappa shape index (κ3) is 11.4. The van der Waals surface area contributed by atoms with Gasteiger partial charge in [0.1, 0.15) is 18.8 Å². The smallest absolute Gasteiger partial charge is 0.338 e. The molecule has 0 spiro atoms. The molecule has 2 saturated heterocycles. The summed E-state index contributed by atoms with van der Waals surface area (Å²) in [5.74, 6) is -5.90. The van der Waals surface area contributed by atoms with Crippen LogP contribution in [0.2, 0.25) is 0 Å². The summed E-state index contributed by atoms with van der Waals surface area (Å²) in [6, 6.07) is 23.8. The molecule has 3 aromatic carbocycles. The molecule has 0 N–H and O–H groups in total. The van der Waals surface area contributed by atoms with Gasteiger partial charge in [-0.25, -0.2) is 14.4 Å². The van der Waals surface area contributed by atoms with Crippen molar-refractivity contribution in [2.45, 2.75) is 83.0 Å². The molecule has 5 rings (SSSR count). The average Bonchev–Trinajstić information content (AvgIpc) is 3.50. The molecule has 2 aliphatic heterocycles. The van der Waals surface area contributed by atoms with E-state index in [9.17, 15) is 33.6 Å². The molecule has 0 aromatic heterocycles. The molecular weight excluding hydrogens is 752 g/mol. The van der Waals surface area contributed by atoms with Gasteiger partial charge in [-0.3, -0.25) is 19.2 Å². The van der Waals surface area contributed by atoms with Gasteiger partial charge in [0, 0.05) is 27.7 Å². The summed E-state index contributed by atoms with van der Waals surface area (Å²) in [4.78, 5) is 88.8. The minimum absolute atomic E-state index is 0.124. The second-order valence-corrected chi connectivity index (χ2v) is 12.7. The van der Waals surface area contributed by atoms with Crippen molar-refractivity contribution in [3.05, 3.63) is 108 Å². The highest BCUT2D eigenvalue weighted by atomic mass is 16.8. The molecule has 0 bridgehead atoms. The van der Waals surface area contributed by atoms with Crippen molar-refractivity contribution in [2.75, 3.05) is 13.2 Å². The minimum atomic E-state index is -1.70. The highest BCUT2D eigenvalue weighted by molar-refractivity contribution is 5.91. The van der Waals surface area contributed by atoms with Crippen molar-refractivity contribution in [3.8, 4) is 0 Å². The van der Waals surface area contributed by atoms with E-state index in [-0.39, 0.29) is 16.7 Å². The van der Waals surface area contributed by atoms with Crippen LogP contribution in [0.1, 0.15) is 58.8 Å². The number of esters is 7. The first-order valence-electron chi connectivity index (χ1n) is 17.7. The summed E-state index contributed by atoms with van der Waals surface area (Å²) >= 11 is 0. The summed E-state index contributed by atoms with van der Waals surface area (Å²) in [5, 5.41) is 0. The number of hydrogen-bond donors (Lipinski definition) is 0. The normalized spacial score (nSPS) is 25.2. The van der Waals surface area contributed by atoms with Gasteiger partial charge < -0.3 is 47.4 Å². The van der Waals surface area contributed by atoms with Gasteiger partial charge in [0.2, 0.25) is 12.4 Å². The summed E-state index contributed by atoms with van der Waals surface area (Å²) in [7, 11) is 0. The van der Waals surface area contributed by atoms with Crippen LogP contribution in [0.3, 0.4) is 0 Å². The van der Waals surface area contributed by atoms with Gasteiger partial charge in [0.15, 0.2) is 30.7 Å². The molecular formula is C40H40O17. The SMILES string of the molecule is CC(=O)O[C@H]1O[C@@H](CO[C@@H]2O[C@@H](COC(=O)c3ccccc3)[C@@H](OC(=O)c3ccccc3)[C@@H]2OC(=O)c2ccccc2)[C@H](OC(C)=O)[C@@H](OC(C)=O)[C@@H]1OC(C)=O. The molecule has 2 aliphatic rings. The molecule has 0 aliphatic carbocycles. The Labute approximate surface area is 326 Å². The molecule has 0 unspecified atom stereocenters. The van der Waals surface area contributed by atoms with Crippen LogP contribution in [0.4, 0.5) is 0 Å². The molecule has 2 fully saturated rings. The highest BCUT2D eigenvalue weighted by Gasteiger charge is 2.55. The van der Waals surface area contributed by atoms with Gasteiger partial charge in [-0.15, -0.1) is 0 Å². The zero-order valence-electron chi connectivity index (χ0n) is 31.2. The first-order chi connectivity index (χ1) is 27.3. The fraction of sp³-hybridized carbons (Fsp3) is 0.375. The maximum atomic E-state index is 13.5. The first kappa shape index (κ1) is 42.0. The highest BCUT2D eigenvalue weighted by Crippen LogP contribution is 2.33. The van der Waals surface area contributed by atoms with E-state index in [1.165, 1.54) is 36.4 Å². The Kier molecular flexibility index (Phi) is 14.4. The Balaban J connectivity index is 1.48. The van der Waals surface area contributed by atoms with Crippen molar-refractivity contribution in [3.63, 3.8) is 0 Å². The lowest BCUT2D eigenvalue weighted by atomic mass is 9.98.